The molecule has 4 nitrogen and oxygen atoms in total. The van der Waals surface area contributed by atoms with E-state index in [1.165, 1.54) is 0 Å². The SMILES string of the molecule is Cc1cnc(Cl)nc1Cc1ccc(Cl)c(CS(=O)(=O)C2(C)CC2)c1. The molecular formula is C17H18Cl2N2O2S. The van der Waals surface area contributed by atoms with Crippen LogP contribution in [0.15, 0.2) is 24.4 Å². The van der Waals surface area contributed by atoms with Gasteiger partial charge in [0.1, 0.15) is 0 Å². The molecule has 1 fully saturated rings. The van der Waals surface area contributed by atoms with Crippen molar-refractivity contribution in [2.45, 2.75) is 43.6 Å². The average Bonchev–Trinajstić information content (AvgIpc) is 3.26. The number of rotatable bonds is 5. The molecule has 128 valence electrons. The molecule has 2 aromatic rings. The van der Waals surface area contributed by atoms with E-state index in [0.717, 1.165) is 29.7 Å². The maximum atomic E-state index is 12.5. The Balaban J connectivity index is 1.88. The van der Waals surface area contributed by atoms with Crippen LogP contribution in [-0.4, -0.2) is 23.1 Å². The second kappa shape index (κ2) is 6.28. The van der Waals surface area contributed by atoms with Gasteiger partial charge in [-0.2, -0.15) is 0 Å². The number of nitrogens with zero attached hydrogens (tertiary/aromatic N) is 2. The van der Waals surface area contributed by atoms with Gasteiger partial charge in [0.15, 0.2) is 9.84 Å². The Hall–Kier alpha value is -1.17. The monoisotopic (exact) mass is 384 g/mol. The third-order valence-electron chi connectivity index (χ3n) is 4.58. The molecule has 1 aromatic carbocycles. The number of hydrogen-bond acceptors (Lipinski definition) is 4. The summed E-state index contributed by atoms with van der Waals surface area (Å²) >= 11 is 12.1. The van der Waals surface area contributed by atoms with Crippen LogP contribution < -0.4 is 0 Å². The minimum absolute atomic E-state index is 0.0281. The zero-order chi connectivity index (χ0) is 17.5. The zero-order valence-corrected chi connectivity index (χ0v) is 15.8. The standard InChI is InChI=1S/C17H18Cl2N2O2S/c1-11-9-20-16(19)21-15(11)8-12-3-4-14(18)13(7-12)10-24(22,23)17(2)5-6-17/h3-4,7,9H,5-6,8,10H2,1-2H3. The van der Waals surface area contributed by atoms with Crippen LogP contribution in [0.25, 0.3) is 0 Å². The average molecular weight is 385 g/mol. The molecular weight excluding hydrogens is 367 g/mol. The molecule has 0 N–H and O–H groups in total. The van der Waals surface area contributed by atoms with E-state index in [9.17, 15) is 8.42 Å². The highest BCUT2D eigenvalue weighted by Crippen LogP contribution is 2.44. The van der Waals surface area contributed by atoms with Crippen LogP contribution in [0, 0.1) is 6.92 Å². The van der Waals surface area contributed by atoms with E-state index >= 15 is 0 Å². The lowest BCUT2D eigenvalue weighted by Gasteiger charge is -2.13. The fourth-order valence-electron chi connectivity index (χ4n) is 2.54. The van der Waals surface area contributed by atoms with Crippen molar-refractivity contribution in [3.8, 4) is 0 Å². The Kier molecular flexibility index (Phi) is 4.62. The van der Waals surface area contributed by atoms with Crippen LogP contribution in [0.5, 0.6) is 0 Å². The van der Waals surface area contributed by atoms with E-state index < -0.39 is 14.6 Å². The number of aromatic nitrogens is 2. The molecule has 24 heavy (non-hydrogen) atoms. The quantitative estimate of drug-likeness (QED) is 0.726. The molecule has 0 atom stereocenters. The van der Waals surface area contributed by atoms with Crippen molar-refractivity contribution >= 4 is 33.0 Å². The van der Waals surface area contributed by atoms with Gasteiger partial charge in [0, 0.05) is 17.6 Å². The molecule has 3 rings (SSSR count). The van der Waals surface area contributed by atoms with Crippen LogP contribution in [0.3, 0.4) is 0 Å². The number of halogens is 2. The van der Waals surface area contributed by atoms with E-state index in [-0.39, 0.29) is 11.0 Å². The molecule has 1 aliphatic carbocycles. The van der Waals surface area contributed by atoms with Gasteiger partial charge in [0.05, 0.1) is 16.2 Å². The number of sulfone groups is 1. The molecule has 1 saturated carbocycles. The lowest BCUT2D eigenvalue weighted by atomic mass is 10.0. The summed E-state index contributed by atoms with van der Waals surface area (Å²) in [4.78, 5) is 8.20. The lowest BCUT2D eigenvalue weighted by molar-refractivity contribution is 0.581. The van der Waals surface area contributed by atoms with Gasteiger partial charge < -0.3 is 0 Å². The van der Waals surface area contributed by atoms with Gasteiger partial charge in [-0.05, 0) is 61.0 Å². The van der Waals surface area contributed by atoms with E-state index in [4.69, 9.17) is 23.2 Å². The fourth-order valence-corrected chi connectivity index (χ4v) is 4.68. The van der Waals surface area contributed by atoms with Crippen LogP contribution in [0.4, 0.5) is 0 Å². The first kappa shape index (κ1) is 17.6. The van der Waals surface area contributed by atoms with Crippen LogP contribution in [-0.2, 0) is 22.0 Å². The highest BCUT2D eigenvalue weighted by molar-refractivity contribution is 7.92. The van der Waals surface area contributed by atoms with Gasteiger partial charge in [-0.25, -0.2) is 18.4 Å². The smallest absolute Gasteiger partial charge is 0.222 e. The molecule has 0 amide bonds. The minimum atomic E-state index is -3.20. The Labute approximate surface area is 152 Å². The summed E-state index contributed by atoms with van der Waals surface area (Å²) in [7, 11) is -3.20. The number of benzene rings is 1. The zero-order valence-electron chi connectivity index (χ0n) is 13.5. The molecule has 0 saturated heterocycles. The van der Waals surface area contributed by atoms with Gasteiger partial charge >= 0.3 is 0 Å². The van der Waals surface area contributed by atoms with Crippen LogP contribution in [0.2, 0.25) is 10.3 Å². The third kappa shape index (κ3) is 3.58. The van der Waals surface area contributed by atoms with E-state index in [2.05, 4.69) is 9.97 Å². The normalized spacial score (nSPS) is 16.2. The van der Waals surface area contributed by atoms with Crippen molar-refractivity contribution in [2.24, 2.45) is 0 Å². The third-order valence-corrected chi connectivity index (χ3v) is 7.73. The van der Waals surface area contributed by atoms with E-state index in [0.29, 0.717) is 17.0 Å². The summed E-state index contributed by atoms with van der Waals surface area (Å²) in [5.74, 6) is -0.0281. The lowest BCUT2D eigenvalue weighted by Crippen LogP contribution is -2.21. The van der Waals surface area contributed by atoms with Gasteiger partial charge in [0.25, 0.3) is 0 Å². The van der Waals surface area contributed by atoms with Gasteiger partial charge in [0.2, 0.25) is 5.28 Å². The van der Waals surface area contributed by atoms with Crippen LogP contribution >= 0.6 is 23.2 Å². The summed E-state index contributed by atoms with van der Waals surface area (Å²) in [6.07, 6.45) is 3.69. The molecule has 0 bridgehead atoms. The predicted molar refractivity (Wildman–Crippen MR) is 96.3 cm³/mol. The fraction of sp³-hybridized carbons (Fsp3) is 0.412. The van der Waals surface area contributed by atoms with Crippen molar-refractivity contribution in [2.75, 3.05) is 0 Å². The molecule has 0 spiro atoms. The van der Waals surface area contributed by atoms with Crippen molar-refractivity contribution in [3.63, 3.8) is 0 Å². The van der Waals surface area contributed by atoms with Crippen molar-refractivity contribution in [1.29, 1.82) is 0 Å². The highest BCUT2D eigenvalue weighted by atomic mass is 35.5. The molecule has 1 heterocycles. The second-order valence-electron chi connectivity index (χ2n) is 6.58. The summed E-state index contributed by atoms with van der Waals surface area (Å²) in [6, 6.07) is 5.48. The van der Waals surface area contributed by atoms with Gasteiger partial charge in [-0.15, -0.1) is 0 Å². The van der Waals surface area contributed by atoms with Crippen molar-refractivity contribution in [3.05, 3.63) is 57.1 Å². The van der Waals surface area contributed by atoms with Crippen molar-refractivity contribution in [1.82, 2.24) is 9.97 Å². The first-order valence-corrected chi connectivity index (χ1v) is 10.1. The summed E-state index contributed by atoms with van der Waals surface area (Å²) in [6.45, 7) is 3.72. The molecule has 7 heteroatoms. The Morgan fingerprint density at radius 3 is 2.62 bits per heavy atom. The van der Waals surface area contributed by atoms with E-state index in [1.54, 1.807) is 19.2 Å². The first-order chi connectivity index (χ1) is 11.2. The first-order valence-electron chi connectivity index (χ1n) is 7.68. The Bertz CT molecular complexity index is 893. The maximum Gasteiger partial charge on any atom is 0.222 e. The molecule has 0 radical (unpaired) electrons. The Morgan fingerprint density at radius 1 is 1.25 bits per heavy atom. The Morgan fingerprint density at radius 2 is 1.96 bits per heavy atom. The molecule has 1 aliphatic rings. The highest BCUT2D eigenvalue weighted by Gasteiger charge is 2.49. The molecule has 0 unspecified atom stereocenters. The predicted octanol–water partition coefficient (Wildman–Crippen LogP) is 4.15. The summed E-state index contributed by atoms with van der Waals surface area (Å²) < 4.78 is 24.4. The second-order valence-corrected chi connectivity index (χ2v) is 9.83. The van der Waals surface area contributed by atoms with Crippen LogP contribution in [0.1, 0.15) is 42.1 Å². The van der Waals surface area contributed by atoms with E-state index in [1.807, 2.05) is 19.1 Å². The summed E-state index contributed by atoms with van der Waals surface area (Å²) in [5.41, 5.74) is 3.35. The maximum absolute atomic E-state index is 12.5. The van der Waals surface area contributed by atoms with Gasteiger partial charge in [-0.1, -0.05) is 23.7 Å². The van der Waals surface area contributed by atoms with Gasteiger partial charge in [-0.3, -0.25) is 0 Å². The minimum Gasteiger partial charge on any atom is -0.228 e. The molecule has 1 aromatic heterocycles. The number of aryl methyl sites for hydroxylation is 1. The topological polar surface area (TPSA) is 59.9 Å². The van der Waals surface area contributed by atoms with Crippen molar-refractivity contribution < 1.29 is 8.42 Å². The summed E-state index contributed by atoms with van der Waals surface area (Å²) in [5, 5.41) is 0.679. The number of hydrogen-bond donors (Lipinski definition) is 0. The molecule has 0 aliphatic heterocycles. The largest absolute Gasteiger partial charge is 0.228 e.